The summed E-state index contributed by atoms with van der Waals surface area (Å²) in [6.07, 6.45) is 4.84. The third kappa shape index (κ3) is 2.22. The van der Waals surface area contributed by atoms with Gasteiger partial charge in [-0.1, -0.05) is 6.42 Å². The van der Waals surface area contributed by atoms with Crippen molar-refractivity contribution < 1.29 is 15.3 Å². The van der Waals surface area contributed by atoms with Gasteiger partial charge in [0.05, 0.1) is 0 Å². The maximum atomic E-state index is 9.89. The maximum Gasteiger partial charge on any atom is 0.127 e. The molecule has 0 unspecified atom stereocenters. The third-order valence-corrected chi connectivity index (χ3v) is 3.59. The van der Waals surface area contributed by atoms with E-state index in [9.17, 15) is 5.11 Å². The quantitative estimate of drug-likeness (QED) is 0.425. The highest BCUT2D eigenvalue weighted by molar-refractivity contribution is 4.73. The van der Waals surface area contributed by atoms with Gasteiger partial charge in [-0.2, -0.15) is 0 Å². The number of hydrogen-bond acceptors (Lipinski definition) is 1. The Morgan fingerprint density at radius 3 is 2.46 bits per heavy atom. The minimum absolute atomic E-state index is 0.0122. The van der Waals surface area contributed by atoms with Crippen LogP contribution >= 0.6 is 0 Å². The lowest BCUT2D eigenvalue weighted by Crippen LogP contribution is -3.24. The summed E-state index contributed by atoms with van der Waals surface area (Å²) in [5, 5.41) is 12.3. The van der Waals surface area contributed by atoms with Crippen molar-refractivity contribution in [2.45, 2.75) is 37.8 Å². The molecule has 13 heavy (non-hydrogen) atoms. The minimum Gasteiger partial charge on any atom is -0.387 e. The van der Waals surface area contributed by atoms with E-state index in [1.807, 2.05) is 0 Å². The Hall–Kier alpha value is -0.120. The number of rotatable bonds is 1. The second-order valence-corrected chi connectivity index (χ2v) is 4.48. The Labute approximate surface area is 80.1 Å². The molecule has 0 spiro atoms. The molecule has 2 atom stereocenters. The number of aliphatic hydroxyl groups is 1. The fourth-order valence-electron chi connectivity index (χ4n) is 2.80. The van der Waals surface area contributed by atoms with Crippen molar-refractivity contribution in [2.24, 2.45) is 0 Å². The highest BCUT2D eigenvalue weighted by atomic mass is 16.3. The van der Waals surface area contributed by atoms with Gasteiger partial charge in [-0.05, 0) is 12.8 Å². The molecule has 1 heterocycles. The highest BCUT2D eigenvalue weighted by Gasteiger charge is 2.33. The van der Waals surface area contributed by atoms with E-state index in [-0.39, 0.29) is 6.10 Å². The summed E-state index contributed by atoms with van der Waals surface area (Å²) in [4.78, 5) is 1.66. The lowest BCUT2D eigenvalue weighted by atomic mass is 9.91. The zero-order valence-corrected chi connectivity index (χ0v) is 8.34. The van der Waals surface area contributed by atoms with E-state index in [1.165, 1.54) is 45.4 Å². The maximum absolute atomic E-state index is 9.89. The van der Waals surface area contributed by atoms with E-state index in [0.29, 0.717) is 6.04 Å². The van der Waals surface area contributed by atoms with Crippen LogP contribution in [0.1, 0.15) is 25.7 Å². The van der Waals surface area contributed by atoms with E-state index in [4.69, 9.17) is 0 Å². The number of hydrogen-bond donors (Lipinski definition) is 3. The van der Waals surface area contributed by atoms with E-state index < -0.39 is 0 Å². The molecule has 2 aliphatic rings. The van der Waals surface area contributed by atoms with Gasteiger partial charge in [-0.25, -0.2) is 0 Å². The topological polar surface area (TPSA) is 41.3 Å². The molecule has 3 heteroatoms. The van der Waals surface area contributed by atoms with Gasteiger partial charge in [0.1, 0.15) is 38.3 Å². The molecule has 2 fully saturated rings. The van der Waals surface area contributed by atoms with Gasteiger partial charge in [-0.3, -0.25) is 0 Å². The molecule has 0 radical (unpaired) electrons. The van der Waals surface area contributed by atoms with Gasteiger partial charge in [0.2, 0.25) is 0 Å². The SMILES string of the molecule is O[C@H]1CCCC[C@H]1[NH+]1CC[NH2+]CC1. The van der Waals surface area contributed by atoms with Crippen LogP contribution in [0.15, 0.2) is 0 Å². The molecule has 1 aliphatic heterocycles. The highest BCUT2D eigenvalue weighted by Crippen LogP contribution is 2.16. The lowest BCUT2D eigenvalue weighted by Gasteiger charge is -2.35. The molecule has 2 rings (SSSR count). The minimum atomic E-state index is -0.0122. The zero-order valence-electron chi connectivity index (χ0n) is 8.34. The summed E-state index contributed by atoms with van der Waals surface area (Å²) >= 11 is 0. The average molecular weight is 186 g/mol. The number of aliphatic hydroxyl groups excluding tert-OH is 1. The normalized spacial score (nSPS) is 37.6. The molecule has 1 saturated heterocycles. The monoisotopic (exact) mass is 186 g/mol. The molecule has 76 valence electrons. The van der Waals surface area contributed by atoms with Crippen molar-refractivity contribution in [1.82, 2.24) is 0 Å². The first-order valence-electron chi connectivity index (χ1n) is 5.72. The first kappa shape index (κ1) is 9.44. The molecule has 1 aliphatic carbocycles. The van der Waals surface area contributed by atoms with E-state index >= 15 is 0 Å². The number of nitrogens with two attached hydrogens (primary N) is 1. The van der Waals surface area contributed by atoms with Crippen LogP contribution in [0.5, 0.6) is 0 Å². The van der Waals surface area contributed by atoms with Gasteiger partial charge < -0.3 is 15.3 Å². The molecule has 0 amide bonds. The van der Waals surface area contributed by atoms with Crippen LogP contribution in [0.25, 0.3) is 0 Å². The Morgan fingerprint density at radius 2 is 1.77 bits per heavy atom. The molecule has 3 nitrogen and oxygen atoms in total. The van der Waals surface area contributed by atoms with Crippen LogP contribution < -0.4 is 10.2 Å². The summed E-state index contributed by atoms with van der Waals surface area (Å²) in [5.41, 5.74) is 0. The molecular formula is C10H22N2O+2. The van der Waals surface area contributed by atoms with Crippen LogP contribution in [0.4, 0.5) is 0 Å². The van der Waals surface area contributed by atoms with E-state index in [2.05, 4.69) is 5.32 Å². The molecule has 0 aromatic heterocycles. The number of piperazine rings is 1. The number of quaternary nitrogens is 2. The van der Waals surface area contributed by atoms with Crippen LogP contribution in [-0.4, -0.2) is 43.4 Å². The second-order valence-electron chi connectivity index (χ2n) is 4.48. The second kappa shape index (κ2) is 4.40. The zero-order chi connectivity index (χ0) is 9.10. The third-order valence-electron chi connectivity index (χ3n) is 3.59. The summed E-state index contributed by atoms with van der Waals surface area (Å²) in [5.74, 6) is 0. The average Bonchev–Trinajstić information content (AvgIpc) is 2.20. The summed E-state index contributed by atoms with van der Waals surface area (Å²) < 4.78 is 0. The Bertz CT molecular complexity index is 157. The predicted octanol–water partition coefficient (Wildman–Crippen LogP) is -2.25. The first-order valence-corrected chi connectivity index (χ1v) is 5.72. The summed E-state index contributed by atoms with van der Waals surface area (Å²) in [6.45, 7) is 5.00. The van der Waals surface area contributed by atoms with Crippen LogP contribution in [0, 0.1) is 0 Å². The molecule has 0 aromatic carbocycles. The Morgan fingerprint density at radius 1 is 1.08 bits per heavy atom. The van der Waals surface area contributed by atoms with Crippen molar-refractivity contribution in [1.29, 1.82) is 0 Å². The van der Waals surface area contributed by atoms with E-state index in [1.54, 1.807) is 4.90 Å². The first-order chi connectivity index (χ1) is 6.38. The van der Waals surface area contributed by atoms with Gasteiger partial charge in [-0.15, -0.1) is 0 Å². The van der Waals surface area contributed by atoms with Crippen molar-refractivity contribution in [3.63, 3.8) is 0 Å². The summed E-state index contributed by atoms with van der Waals surface area (Å²) in [7, 11) is 0. The van der Waals surface area contributed by atoms with Crippen molar-refractivity contribution >= 4 is 0 Å². The fourth-order valence-corrected chi connectivity index (χ4v) is 2.80. The smallest absolute Gasteiger partial charge is 0.127 e. The van der Waals surface area contributed by atoms with Crippen LogP contribution in [-0.2, 0) is 0 Å². The Balaban J connectivity index is 1.88. The van der Waals surface area contributed by atoms with Gasteiger partial charge >= 0.3 is 0 Å². The molecule has 0 bridgehead atoms. The van der Waals surface area contributed by atoms with Gasteiger partial charge in [0.25, 0.3) is 0 Å². The Kier molecular flexibility index (Phi) is 3.19. The number of nitrogens with one attached hydrogen (secondary N) is 1. The van der Waals surface area contributed by atoms with Gasteiger partial charge in [0.15, 0.2) is 0 Å². The van der Waals surface area contributed by atoms with Crippen LogP contribution in [0.3, 0.4) is 0 Å². The van der Waals surface area contributed by atoms with Crippen molar-refractivity contribution in [3.8, 4) is 0 Å². The van der Waals surface area contributed by atoms with Gasteiger partial charge in [0, 0.05) is 6.42 Å². The standard InChI is InChI=1S/C10H20N2O/c13-10-4-2-1-3-9(10)12-7-5-11-6-8-12/h9-11,13H,1-8H2/p+2/t9-,10+/m1/s1. The predicted molar refractivity (Wildman–Crippen MR) is 50.6 cm³/mol. The fraction of sp³-hybridized carbons (Fsp3) is 1.00. The molecule has 0 aromatic rings. The molecule has 4 N–H and O–H groups in total. The van der Waals surface area contributed by atoms with Crippen molar-refractivity contribution in [2.75, 3.05) is 26.2 Å². The van der Waals surface area contributed by atoms with E-state index in [0.717, 1.165) is 6.42 Å². The largest absolute Gasteiger partial charge is 0.387 e. The molecule has 1 saturated carbocycles. The van der Waals surface area contributed by atoms with Crippen molar-refractivity contribution in [3.05, 3.63) is 0 Å². The molecular weight excluding hydrogens is 164 g/mol. The van der Waals surface area contributed by atoms with Crippen LogP contribution in [0.2, 0.25) is 0 Å². The lowest BCUT2D eigenvalue weighted by molar-refractivity contribution is -0.970. The summed E-state index contributed by atoms with van der Waals surface area (Å²) in [6, 6.07) is 0.558.